The van der Waals surface area contributed by atoms with Crippen LogP contribution in [0.1, 0.15) is 47.0 Å². The molecule has 6 heteroatoms. The minimum Gasteiger partial charge on any atom is -0.479 e. The third kappa shape index (κ3) is 3.99. The molecule has 0 heterocycles. The van der Waals surface area contributed by atoms with E-state index in [2.05, 4.69) is 0 Å². The molecule has 0 aromatic rings. The van der Waals surface area contributed by atoms with Gasteiger partial charge in [-0.1, -0.05) is 57.6 Å². The van der Waals surface area contributed by atoms with Crippen LogP contribution in [0.3, 0.4) is 0 Å². The van der Waals surface area contributed by atoms with Gasteiger partial charge in [-0.3, -0.25) is 4.79 Å². The first kappa shape index (κ1) is 22.8. The molecule has 2 aliphatic rings. The van der Waals surface area contributed by atoms with Crippen molar-refractivity contribution in [1.82, 2.24) is 0 Å². The van der Waals surface area contributed by atoms with Gasteiger partial charge < -0.3 is 14.9 Å². The van der Waals surface area contributed by atoms with Crippen LogP contribution in [0.4, 0.5) is 0 Å². The second-order valence-corrected chi connectivity index (χ2v) is 8.66. The Balaban J connectivity index is 2.47. The molecule has 0 amide bonds. The maximum Gasteiger partial charge on any atom is 0.341 e. The summed E-state index contributed by atoms with van der Waals surface area (Å²) >= 11 is 0. The average Bonchev–Trinajstić information content (AvgIpc) is 2.63. The highest BCUT2D eigenvalue weighted by molar-refractivity contribution is 5.94. The van der Waals surface area contributed by atoms with Crippen molar-refractivity contribution in [3.63, 3.8) is 0 Å². The van der Waals surface area contributed by atoms with E-state index in [1.54, 1.807) is 25.2 Å². The van der Waals surface area contributed by atoms with Gasteiger partial charge in [0.1, 0.15) is 12.4 Å². The van der Waals surface area contributed by atoms with Gasteiger partial charge in [0.25, 0.3) is 0 Å². The van der Waals surface area contributed by atoms with Crippen molar-refractivity contribution in [3.8, 4) is 0 Å². The van der Waals surface area contributed by atoms with Gasteiger partial charge in [-0.15, -0.1) is 0 Å². The molecule has 1 fully saturated rings. The summed E-state index contributed by atoms with van der Waals surface area (Å²) in [4.78, 5) is 36.2. The Hall–Kier alpha value is -2.47. The Kier molecular flexibility index (Phi) is 6.68. The van der Waals surface area contributed by atoms with Crippen LogP contribution in [0.15, 0.2) is 48.1 Å². The lowest BCUT2D eigenvalue weighted by atomic mass is 9.46. The van der Waals surface area contributed by atoms with Crippen LogP contribution in [-0.2, 0) is 19.1 Å². The summed E-state index contributed by atoms with van der Waals surface area (Å²) in [6.45, 7) is 7.52. The first-order valence-corrected chi connectivity index (χ1v) is 9.84. The molecule has 0 saturated heterocycles. The van der Waals surface area contributed by atoms with Gasteiger partial charge in [-0.2, -0.15) is 0 Å². The van der Waals surface area contributed by atoms with Crippen LogP contribution < -0.4 is 0 Å². The van der Waals surface area contributed by atoms with Crippen LogP contribution in [0, 0.1) is 16.7 Å². The maximum atomic E-state index is 12.4. The van der Waals surface area contributed by atoms with Gasteiger partial charge in [-0.25, -0.2) is 9.59 Å². The van der Waals surface area contributed by atoms with E-state index in [0.29, 0.717) is 19.1 Å². The van der Waals surface area contributed by atoms with Gasteiger partial charge >= 0.3 is 11.9 Å². The third-order valence-electron chi connectivity index (χ3n) is 6.41. The van der Waals surface area contributed by atoms with E-state index in [9.17, 15) is 24.6 Å². The van der Waals surface area contributed by atoms with Gasteiger partial charge in [0.05, 0.1) is 0 Å². The number of ether oxygens (including phenoxy) is 1. The maximum absolute atomic E-state index is 12.4. The molecule has 2 aliphatic carbocycles. The highest BCUT2D eigenvalue weighted by Gasteiger charge is 2.67. The fraction of sp³-hybridized carbons (Fsp3) is 0.522. The fourth-order valence-electron chi connectivity index (χ4n) is 5.16. The molecule has 0 radical (unpaired) electrons. The number of aliphatic carboxylic acids is 1. The highest BCUT2D eigenvalue weighted by atomic mass is 16.5. The molecule has 2 N–H and O–H groups in total. The molecule has 0 bridgehead atoms. The summed E-state index contributed by atoms with van der Waals surface area (Å²) in [5.74, 6) is -2.52. The Labute approximate surface area is 171 Å². The Bertz CT molecular complexity index is 787. The summed E-state index contributed by atoms with van der Waals surface area (Å²) in [5.41, 5.74) is -4.16. The molecule has 0 aromatic carbocycles. The van der Waals surface area contributed by atoms with Crippen molar-refractivity contribution in [2.24, 2.45) is 16.7 Å². The zero-order valence-electron chi connectivity index (χ0n) is 17.4. The molecule has 0 spiro atoms. The molecule has 4 atom stereocenters. The lowest BCUT2D eigenvalue weighted by molar-refractivity contribution is -0.202. The Morgan fingerprint density at radius 1 is 1.14 bits per heavy atom. The smallest absolute Gasteiger partial charge is 0.341 e. The Morgan fingerprint density at radius 3 is 2.38 bits per heavy atom. The number of aldehydes is 1. The number of hydrogen-bond acceptors (Lipinski definition) is 5. The van der Waals surface area contributed by atoms with E-state index in [4.69, 9.17) is 4.74 Å². The second-order valence-electron chi connectivity index (χ2n) is 8.66. The molecule has 1 saturated carbocycles. The summed E-state index contributed by atoms with van der Waals surface area (Å²) < 4.78 is 5.66. The van der Waals surface area contributed by atoms with E-state index in [1.165, 1.54) is 12.2 Å². The number of carboxylic acid groups (broad SMARTS) is 1. The lowest BCUT2D eigenvalue weighted by Gasteiger charge is -2.59. The van der Waals surface area contributed by atoms with Crippen LogP contribution >= 0.6 is 0 Å². The van der Waals surface area contributed by atoms with Crippen molar-refractivity contribution in [1.29, 1.82) is 0 Å². The van der Waals surface area contributed by atoms with Crippen LogP contribution in [0.2, 0.25) is 0 Å². The van der Waals surface area contributed by atoms with Gasteiger partial charge in [0.2, 0.25) is 0 Å². The first-order valence-electron chi connectivity index (χ1n) is 9.84. The van der Waals surface area contributed by atoms with E-state index in [0.717, 1.165) is 6.42 Å². The molecule has 2 rings (SSSR count). The standard InChI is InChI=1S/C23H30O6/c1-5-6-7-8-9-11-18(25)29-17-14-16(15-24)23(28,20(26)27)22(4)13-10-12-21(2,3)19(17)22/h5-9,11,14-15,17,19,28H,10,12-13H2,1-4H3,(H,26,27)/b6-5+,8-7+,11-9+/t17-,19+,22-,23+/m0/s1. The molecule has 0 aliphatic heterocycles. The quantitative estimate of drug-likeness (QED) is 0.306. The number of fused-ring (bicyclic) bond motifs is 1. The van der Waals surface area contributed by atoms with Gasteiger partial charge in [-0.05, 0) is 31.3 Å². The Morgan fingerprint density at radius 2 is 1.79 bits per heavy atom. The number of carbonyl (C=O) groups excluding carboxylic acids is 2. The number of esters is 1. The average molecular weight is 402 g/mol. The SMILES string of the molecule is C/C=C/C=C/C=C/C(=O)O[C@H]1C=C(C=O)[C@@](O)(C(=O)O)[C@@]2(C)CCCC(C)(C)[C@@H]12. The summed E-state index contributed by atoms with van der Waals surface area (Å²) in [6, 6.07) is 0. The molecule has 0 unspecified atom stereocenters. The van der Waals surface area contributed by atoms with Crippen molar-refractivity contribution >= 4 is 18.2 Å². The highest BCUT2D eigenvalue weighted by Crippen LogP contribution is 2.61. The van der Waals surface area contributed by atoms with Gasteiger partial charge in [0.15, 0.2) is 5.60 Å². The van der Waals surface area contributed by atoms with E-state index in [1.807, 2.05) is 32.9 Å². The number of hydrogen-bond donors (Lipinski definition) is 2. The first-order chi connectivity index (χ1) is 13.5. The van der Waals surface area contributed by atoms with E-state index >= 15 is 0 Å². The van der Waals surface area contributed by atoms with E-state index in [-0.39, 0.29) is 5.57 Å². The van der Waals surface area contributed by atoms with Crippen molar-refractivity contribution in [2.75, 3.05) is 0 Å². The molecule has 6 nitrogen and oxygen atoms in total. The monoisotopic (exact) mass is 402 g/mol. The minimum atomic E-state index is -2.33. The van der Waals surface area contributed by atoms with E-state index < -0.39 is 40.4 Å². The molecular formula is C23H30O6. The predicted octanol–water partition coefficient (Wildman–Crippen LogP) is 3.37. The second kappa shape index (κ2) is 8.49. The fourth-order valence-corrected chi connectivity index (χ4v) is 5.16. The molecule has 29 heavy (non-hydrogen) atoms. The van der Waals surface area contributed by atoms with Crippen molar-refractivity contribution in [2.45, 2.75) is 58.7 Å². The topological polar surface area (TPSA) is 101 Å². The number of carboxylic acids is 1. The molecule has 0 aromatic heterocycles. The predicted molar refractivity (Wildman–Crippen MR) is 109 cm³/mol. The van der Waals surface area contributed by atoms with Crippen LogP contribution in [0.25, 0.3) is 0 Å². The number of rotatable bonds is 6. The van der Waals surface area contributed by atoms with Crippen LogP contribution in [0.5, 0.6) is 0 Å². The number of allylic oxidation sites excluding steroid dienone is 5. The largest absolute Gasteiger partial charge is 0.479 e. The zero-order valence-corrected chi connectivity index (χ0v) is 17.4. The van der Waals surface area contributed by atoms with Gasteiger partial charge in [0, 0.05) is 23.0 Å². The molecule has 158 valence electrons. The zero-order chi connectivity index (χ0) is 21.9. The summed E-state index contributed by atoms with van der Waals surface area (Å²) in [6.07, 6.45) is 12.7. The minimum absolute atomic E-state index is 0.267. The van der Waals surface area contributed by atoms with Crippen LogP contribution in [-0.4, -0.2) is 40.1 Å². The number of aliphatic hydroxyl groups is 1. The lowest BCUT2D eigenvalue weighted by Crippen LogP contribution is -2.66. The number of carbonyl (C=O) groups is 3. The van der Waals surface area contributed by atoms with Crippen molar-refractivity contribution < 1.29 is 29.3 Å². The third-order valence-corrected chi connectivity index (χ3v) is 6.41. The normalized spacial score (nSPS) is 34.2. The van der Waals surface area contributed by atoms with Crippen molar-refractivity contribution in [3.05, 3.63) is 48.1 Å². The molecular weight excluding hydrogens is 372 g/mol. The summed E-state index contributed by atoms with van der Waals surface area (Å²) in [5, 5.41) is 21.0. The summed E-state index contributed by atoms with van der Waals surface area (Å²) in [7, 11) is 0.